The SMILES string of the molecule is COC(=O)CC(=O)C1CCN(C(=O)OC(C)(C)C)CC1C(=O)OC. The predicted molar refractivity (Wildman–Crippen MR) is 83.1 cm³/mol. The van der Waals surface area contributed by atoms with E-state index in [9.17, 15) is 19.2 Å². The highest BCUT2D eigenvalue weighted by molar-refractivity contribution is 5.98. The number of likely N-dealkylation sites (tertiary alicyclic amines) is 1. The number of hydrogen-bond donors (Lipinski definition) is 0. The van der Waals surface area contributed by atoms with Crippen LogP contribution >= 0.6 is 0 Å². The van der Waals surface area contributed by atoms with Gasteiger partial charge in [-0.2, -0.15) is 0 Å². The summed E-state index contributed by atoms with van der Waals surface area (Å²) in [5, 5.41) is 0. The lowest BCUT2D eigenvalue weighted by Gasteiger charge is -2.36. The summed E-state index contributed by atoms with van der Waals surface area (Å²) in [6, 6.07) is 0. The first-order chi connectivity index (χ1) is 11.1. The number of piperidine rings is 1. The van der Waals surface area contributed by atoms with Gasteiger partial charge in [0.05, 0.1) is 20.1 Å². The average Bonchev–Trinajstić information content (AvgIpc) is 2.51. The van der Waals surface area contributed by atoms with E-state index in [1.54, 1.807) is 20.8 Å². The number of rotatable bonds is 4. The maximum atomic E-state index is 12.3. The lowest BCUT2D eigenvalue weighted by atomic mass is 9.81. The van der Waals surface area contributed by atoms with Gasteiger partial charge in [0.15, 0.2) is 0 Å². The quantitative estimate of drug-likeness (QED) is 0.429. The van der Waals surface area contributed by atoms with Crippen molar-refractivity contribution in [2.75, 3.05) is 27.3 Å². The van der Waals surface area contributed by atoms with Gasteiger partial charge in [-0.05, 0) is 27.2 Å². The van der Waals surface area contributed by atoms with Crippen LogP contribution in [0.1, 0.15) is 33.6 Å². The van der Waals surface area contributed by atoms with Crippen molar-refractivity contribution >= 4 is 23.8 Å². The monoisotopic (exact) mass is 343 g/mol. The Labute approximate surface area is 141 Å². The number of nitrogens with zero attached hydrogens (tertiary/aromatic N) is 1. The van der Waals surface area contributed by atoms with E-state index in [-0.39, 0.29) is 25.3 Å². The third-order valence-electron chi connectivity index (χ3n) is 3.73. The van der Waals surface area contributed by atoms with E-state index in [2.05, 4.69) is 4.74 Å². The van der Waals surface area contributed by atoms with Gasteiger partial charge in [-0.1, -0.05) is 0 Å². The van der Waals surface area contributed by atoms with Crippen molar-refractivity contribution in [3.05, 3.63) is 0 Å². The van der Waals surface area contributed by atoms with Crippen molar-refractivity contribution in [2.45, 2.75) is 39.2 Å². The number of methoxy groups -OCH3 is 2. The third-order valence-corrected chi connectivity index (χ3v) is 3.73. The summed E-state index contributed by atoms with van der Waals surface area (Å²) in [6.45, 7) is 5.51. The minimum Gasteiger partial charge on any atom is -0.469 e. The van der Waals surface area contributed by atoms with E-state index < -0.39 is 41.9 Å². The molecule has 0 N–H and O–H groups in total. The highest BCUT2D eigenvalue weighted by atomic mass is 16.6. The molecule has 24 heavy (non-hydrogen) atoms. The highest BCUT2D eigenvalue weighted by Crippen LogP contribution is 2.28. The van der Waals surface area contributed by atoms with Crippen LogP contribution in [0.15, 0.2) is 0 Å². The summed E-state index contributed by atoms with van der Waals surface area (Å²) in [4.78, 5) is 49.1. The Balaban J connectivity index is 2.85. The molecule has 8 heteroatoms. The minimum atomic E-state index is -0.826. The number of hydrogen-bond acceptors (Lipinski definition) is 7. The molecule has 1 saturated heterocycles. The summed E-state index contributed by atoms with van der Waals surface area (Å²) in [7, 11) is 2.41. The molecule has 1 aliphatic rings. The molecule has 8 nitrogen and oxygen atoms in total. The minimum absolute atomic E-state index is 0.0131. The Morgan fingerprint density at radius 1 is 1.04 bits per heavy atom. The zero-order chi connectivity index (χ0) is 18.5. The normalized spacial score (nSPS) is 21.0. The smallest absolute Gasteiger partial charge is 0.410 e. The number of esters is 2. The fourth-order valence-corrected chi connectivity index (χ4v) is 2.57. The molecule has 1 fully saturated rings. The summed E-state index contributed by atoms with van der Waals surface area (Å²) in [5.74, 6) is -3.14. The average molecular weight is 343 g/mol. The molecule has 1 aliphatic heterocycles. The molecule has 0 aromatic carbocycles. The number of ketones is 1. The predicted octanol–water partition coefficient (Wildman–Crippen LogP) is 1.16. The lowest BCUT2D eigenvalue weighted by Crippen LogP contribution is -2.50. The molecule has 136 valence electrons. The second-order valence-corrected chi connectivity index (χ2v) is 6.67. The Morgan fingerprint density at radius 2 is 1.67 bits per heavy atom. The summed E-state index contributed by atoms with van der Waals surface area (Å²) >= 11 is 0. The van der Waals surface area contributed by atoms with Crippen LogP contribution in [0.3, 0.4) is 0 Å². The third kappa shape index (κ3) is 5.50. The van der Waals surface area contributed by atoms with Crippen LogP contribution in [0.25, 0.3) is 0 Å². The van der Waals surface area contributed by atoms with Crippen LogP contribution in [-0.2, 0) is 28.6 Å². The van der Waals surface area contributed by atoms with Gasteiger partial charge >= 0.3 is 18.0 Å². The molecule has 1 amide bonds. The van der Waals surface area contributed by atoms with Gasteiger partial charge in [0.25, 0.3) is 0 Å². The topological polar surface area (TPSA) is 99.2 Å². The molecular weight excluding hydrogens is 318 g/mol. The van der Waals surface area contributed by atoms with Gasteiger partial charge in [-0.25, -0.2) is 4.79 Å². The molecule has 1 rings (SSSR count). The molecule has 0 spiro atoms. The van der Waals surface area contributed by atoms with Gasteiger partial charge in [-0.3, -0.25) is 14.4 Å². The van der Waals surface area contributed by atoms with Crippen molar-refractivity contribution in [3.63, 3.8) is 0 Å². The van der Waals surface area contributed by atoms with E-state index in [4.69, 9.17) is 9.47 Å². The Morgan fingerprint density at radius 3 is 2.17 bits per heavy atom. The molecule has 0 bridgehead atoms. The second-order valence-electron chi connectivity index (χ2n) is 6.67. The molecule has 0 saturated carbocycles. The molecule has 0 aromatic rings. The van der Waals surface area contributed by atoms with Gasteiger partial charge in [0, 0.05) is 19.0 Å². The van der Waals surface area contributed by atoms with Crippen molar-refractivity contribution in [3.8, 4) is 0 Å². The Bertz CT molecular complexity index is 509. The van der Waals surface area contributed by atoms with Crippen LogP contribution in [0, 0.1) is 11.8 Å². The van der Waals surface area contributed by atoms with Crippen molar-refractivity contribution in [1.82, 2.24) is 4.90 Å². The first kappa shape index (κ1) is 19.9. The maximum Gasteiger partial charge on any atom is 0.410 e. The van der Waals surface area contributed by atoms with Gasteiger partial charge in [0.1, 0.15) is 17.8 Å². The zero-order valence-electron chi connectivity index (χ0n) is 14.8. The molecule has 1 heterocycles. The zero-order valence-corrected chi connectivity index (χ0v) is 14.8. The Hall–Kier alpha value is -2.12. The fraction of sp³-hybridized carbons (Fsp3) is 0.750. The summed E-state index contributed by atoms with van der Waals surface area (Å²) in [6.07, 6.45) is -0.689. The highest BCUT2D eigenvalue weighted by Gasteiger charge is 2.41. The van der Waals surface area contributed by atoms with Crippen LogP contribution in [0.4, 0.5) is 4.79 Å². The van der Waals surface area contributed by atoms with Crippen molar-refractivity contribution < 1.29 is 33.4 Å². The fourth-order valence-electron chi connectivity index (χ4n) is 2.57. The number of ether oxygens (including phenoxy) is 3. The molecule has 0 radical (unpaired) electrons. The van der Waals surface area contributed by atoms with Crippen LogP contribution in [0.5, 0.6) is 0 Å². The lowest BCUT2D eigenvalue weighted by molar-refractivity contribution is -0.154. The number of carbonyl (C=O) groups is 4. The van der Waals surface area contributed by atoms with E-state index >= 15 is 0 Å². The first-order valence-electron chi connectivity index (χ1n) is 7.74. The van der Waals surface area contributed by atoms with Crippen LogP contribution in [-0.4, -0.2) is 61.6 Å². The molecule has 2 atom stereocenters. The van der Waals surface area contributed by atoms with E-state index in [1.165, 1.54) is 19.1 Å². The molecule has 0 aromatic heterocycles. The van der Waals surface area contributed by atoms with Crippen LogP contribution < -0.4 is 0 Å². The van der Waals surface area contributed by atoms with Crippen molar-refractivity contribution in [1.29, 1.82) is 0 Å². The maximum absolute atomic E-state index is 12.3. The first-order valence-corrected chi connectivity index (χ1v) is 7.74. The van der Waals surface area contributed by atoms with Gasteiger partial charge in [-0.15, -0.1) is 0 Å². The number of Topliss-reactive ketones (excluding diaryl/α,β-unsaturated/α-hetero) is 1. The molecule has 0 aliphatic carbocycles. The second kappa shape index (κ2) is 8.12. The Kier molecular flexibility index (Phi) is 6.74. The number of carbonyl (C=O) groups excluding carboxylic acids is 4. The summed E-state index contributed by atoms with van der Waals surface area (Å²) in [5.41, 5.74) is -0.657. The summed E-state index contributed by atoms with van der Waals surface area (Å²) < 4.78 is 14.5. The standard InChI is InChI=1S/C16H25NO7/c1-16(2,3)24-15(21)17-7-6-10(11(9-17)14(20)23-5)12(18)8-13(19)22-4/h10-11H,6-9H2,1-5H3. The van der Waals surface area contributed by atoms with Gasteiger partial charge in [0.2, 0.25) is 0 Å². The van der Waals surface area contributed by atoms with Crippen LogP contribution in [0.2, 0.25) is 0 Å². The van der Waals surface area contributed by atoms with E-state index in [1.807, 2.05) is 0 Å². The van der Waals surface area contributed by atoms with Gasteiger partial charge < -0.3 is 19.1 Å². The van der Waals surface area contributed by atoms with E-state index in [0.29, 0.717) is 0 Å². The van der Waals surface area contributed by atoms with E-state index in [0.717, 1.165) is 0 Å². The molecule has 2 unspecified atom stereocenters. The molecular formula is C16H25NO7. The van der Waals surface area contributed by atoms with Crippen molar-refractivity contribution in [2.24, 2.45) is 11.8 Å². The number of amides is 1. The largest absolute Gasteiger partial charge is 0.469 e.